The van der Waals surface area contributed by atoms with E-state index in [0.717, 1.165) is 41.2 Å². The minimum Gasteiger partial charge on any atom is -0.488 e. The number of hydrogen-bond donors (Lipinski definition) is 1. The molecule has 6 rings (SSSR count). The number of amides is 2. The highest BCUT2D eigenvalue weighted by Crippen LogP contribution is 2.43. The Morgan fingerprint density at radius 3 is 2.19 bits per heavy atom. The SMILES string of the molecule is CC(C)(OC(=O)N1C2CNCC1C(C(=O)N(CCc1ccc(F)cc1)C1CC1)=C(c1ccc(CCCOc3c(F)ccc(F)c3F)cc1)C2)C(Cl)(Cl)Cl. The van der Waals surface area contributed by atoms with Gasteiger partial charge in [-0.2, -0.15) is 4.39 Å². The summed E-state index contributed by atoms with van der Waals surface area (Å²) in [6.07, 6.45) is 2.80. The number of carbonyl (C=O) groups is 2. The van der Waals surface area contributed by atoms with E-state index < -0.39 is 44.7 Å². The average Bonchev–Trinajstić information content (AvgIpc) is 3.95. The summed E-state index contributed by atoms with van der Waals surface area (Å²) in [6.45, 7) is 4.15. The number of carbonyl (C=O) groups excluding carboxylic acids is 2. The third-order valence-corrected chi connectivity index (χ3v) is 11.3. The lowest BCUT2D eigenvalue weighted by molar-refractivity contribution is -0.128. The quantitative estimate of drug-likeness (QED) is 0.0862. The van der Waals surface area contributed by atoms with Crippen LogP contribution in [0.1, 0.15) is 56.2 Å². The van der Waals surface area contributed by atoms with Crippen LogP contribution in [0.4, 0.5) is 22.4 Å². The van der Waals surface area contributed by atoms with E-state index in [1.165, 1.54) is 26.0 Å². The van der Waals surface area contributed by atoms with Crippen molar-refractivity contribution in [2.45, 2.75) is 79.9 Å². The van der Waals surface area contributed by atoms with Gasteiger partial charge in [-0.1, -0.05) is 71.2 Å². The molecule has 7 nitrogen and oxygen atoms in total. The number of rotatable bonds is 12. The molecule has 1 aliphatic carbocycles. The van der Waals surface area contributed by atoms with Crippen molar-refractivity contribution >= 4 is 52.4 Å². The molecule has 1 saturated heterocycles. The summed E-state index contributed by atoms with van der Waals surface area (Å²) in [5.74, 6) is -4.79. The molecule has 0 aromatic heterocycles. The van der Waals surface area contributed by atoms with Gasteiger partial charge in [-0.3, -0.25) is 9.69 Å². The standard InChI is InChI=1S/C39H40Cl3F4N3O4/c1-38(2,39(40,41)42)53-37(51)49-28-20-29(25-9-5-23(6-10-25)4-3-19-52-35-31(45)16-15-30(44)34(35)46)33(32(49)22-47-21-28)36(50)48(27-13-14-27)18-17-24-7-11-26(43)12-8-24/h5-12,15-16,27-28,32,47H,3-4,13-14,17-22H2,1-2H3. The molecule has 1 N–H and O–H groups in total. The topological polar surface area (TPSA) is 71.1 Å². The van der Waals surface area contributed by atoms with Crippen molar-refractivity contribution in [3.05, 3.63) is 106 Å². The van der Waals surface area contributed by atoms with Crippen molar-refractivity contribution in [1.29, 1.82) is 0 Å². The van der Waals surface area contributed by atoms with Gasteiger partial charge in [-0.15, -0.1) is 0 Å². The van der Waals surface area contributed by atoms with Gasteiger partial charge in [0, 0.05) is 31.2 Å². The smallest absolute Gasteiger partial charge is 0.411 e. The van der Waals surface area contributed by atoms with Crippen molar-refractivity contribution in [2.75, 3.05) is 26.2 Å². The van der Waals surface area contributed by atoms with Crippen LogP contribution in [0.2, 0.25) is 0 Å². The fourth-order valence-electron chi connectivity index (χ4n) is 6.80. The Kier molecular flexibility index (Phi) is 11.9. The number of nitrogens with zero attached hydrogens (tertiary/aromatic N) is 2. The van der Waals surface area contributed by atoms with Crippen LogP contribution in [-0.4, -0.2) is 75.6 Å². The van der Waals surface area contributed by atoms with Crippen molar-refractivity contribution < 1.29 is 36.6 Å². The van der Waals surface area contributed by atoms with Crippen LogP contribution in [0.15, 0.2) is 66.2 Å². The van der Waals surface area contributed by atoms with E-state index >= 15 is 0 Å². The van der Waals surface area contributed by atoms with Crippen molar-refractivity contribution in [3.63, 3.8) is 0 Å². The van der Waals surface area contributed by atoms with E-state index in [9.17, 15) is 27.2 Å². The number of nitrogens with one attached hydrogen (secondary N) is 1. The van der Waals surface area contributed by atoms with Crippen molar-refractivity contribution in [1.82, 2.24) is 15.1 Å². The van der Waals surface area contributed by atoms with Crippen LogP contribution in [0.3, 0.4) is 0 Å². The molecule has 53 heavy (non-hydrogen) atoms. The monoisotopic (exact) mass is 795 g/mol. The number of benzene rings is 3. The Labute approximate surface area is 321 Å². The number of alkyl halides is 3. The second-order valence-corrected chi connectivity index (χ2v) is 16.4. The zero-order chi connectivity index (χ0) is 38.1. The van der Waals surface area contributed by atoms with E-state index in [0.29, 0.717) is 57.0 Å². The first-order chi connectivity index (χ1) is 25.1. The van der Waals surface area contributed by atoms with Crippen molar-refractivity contribution in [2.24, 2.45) is 0 Å². The van der Waals surface area contributed by atoms with E-state index in [1.54, 1.807) is 17.0 Å². The van der Waals surface area contributed by atoms with Gasteiger partial charge in [0.1, 0.15) is 5.82 Å². The Balaban J connectivity index is 1.27. The molecule has 2 amide bonds. The van der Waals surface area contributed by atoms with Crippen molar-refractivity contribution in [3.8, 4) is 5.75 Å². The molecule has 3 aromatic carbocycles. The van der Waals surface area contributed by atoms with Crippen LogP contribution in [0.5, 0.6) is 5.75 Å². The van der Waals surface area contributed by atoms with Crippen LogP contribution in [0, 0.1) is 23.3 Å². The van der Waals surface area contributed by atoms with Gasteiger partial charge in [-0.25, -0.2) is 18.0 Å². The highest BCUT2D eigenvalue weighted by atomic mass is 35.6. The first-order valence-corrected chi connectivity index (χ1v) is 18.7. The molecule has 14 heteroatoms. The van der Waals surface area contributed by atoms with Gasteiger partial charge in [0.15, 0.2) is 23.0 Å². The Hall–Kier alpha value is -3.51. The average molecular weight is 797 g/mol. The fourth-order valence-corrected chi connectivity index (χ4v) is 6.92. The third-order valence-electron chi connectivity index (χ3n) is 9.97. The van der Waals surface area contributed by atoms with Crippen LogP contribution >= 0.6 is 34.8 Å². The highest BCUT2D eigenvalue weighted by Gasteiger charge is 2.50. The maximum Gasteiger partial charge on any atom is 0.411 e. The maximum absolute atomic E-state index is 14.8. The molecule has 2 heterocycles. The summed E-state index contributed by atoms with van der Waals surface area (Å²) < 4.78 is 64.2. The summed E-state index contributed by atoms with van der Waals surface area (Å²) in [5.41, 5.74) is 2.45. The summed E-state index contributed by atoms with van der Waals surface area (Å²) in [5, 5.41) is 3.38. The molecule has 0 spiro atoms. The Bertz CT molecular complexity index is 1850. The number of piperazine rings is 1. The van der Waals surface area contributed by atoms with E-state index in [-0.39, 0.29) is 30.4 Å². The summed E-state index contributed by atoms with van der Waals surface area (Å²) in [7, 11) is 0. The number of ether oxygens (including phenoxy) is 2. The summed E-state index contributed by atoms with van der Waals surface area (Å²) >= 11 is 18.5. The predicted octanol–water partition coefficient (Wildman–Crippen LogP) is 8.57. The normalized spacial score (nSPS) is 18.9. The molecule has 1 saturated carbocycles. The lowest BCUT2D eigenvalue weighted by Gasteiger charge is -2.48. The van der Waals surface area contributed by atoms with E-state index in [1.807, 2.05) is 29.2 Å². The lowest BCUT2D eigenvalue weighted by Crippen LogP contribution is -2.64. The zero-order valence-corrected chi connectivity index (χ0v) is 31.5. The summed E-state index contributed by atoms with van der Waals surface area (Å²) in [4.78, 5) is 32.2. The molecule has 3 aliphatic rings. The van der Waals surface area contributed by atoms with E-state index in [2.05, 4.69) is 5.32 Å². The number of halogens is 7. The van der Waals surface area contributed by atoms with Crippen LogP contribution < -0.4 is 10.1 Å². The van der Waals surface area contributed by atoms with Gasteiger partial charge in [-0.05, 0) is 98.9 Å². The maximum atomic E-state index is 14.8. The van der Waals surface area contributed by atoms with Gasteiger partial charge in [0.25, 0.3) is 5.91 Å². The number of fused-ring (bicyclic) bond motifs is 2. The molecule has 0 radical (unpaired) electrons. The minimum absolute atomic E-state index is 0.0326. The molecule has 3 aromatic rings. The molecule has 2 atom stereocenters. The molecule has 2 fully saturated rings. The fraction of sp³-hybridized carbons (Fsp3) is 0.436. The summed E-state index contributed by atoms with van der Waals surface area (Å²) in [6, 6.07) is 14.4. The van der Waals surface area contributed by atoms with E-state index in [4.69, 9.17) is 44.3 Å². The Morgan fingerprint density at radius 1 is 0.887 bits per heavy atom. The number of hydrogen-bond acceptors (Lipinski definition) is 5. The van der Waals surface area contributed by atoms with Crippen LogP contribution in [0.25, 0.3) is 5.57 Å². The zero-order valence-electron chi connectivity index (χ0n) is 29.2. The minimum atomic E-state index is -1.91. The largest absolute Gasteiger partial charge is 0.488 e. The lowest BCUT2D eigenvalue weighted by atomic mass is 9.81. The molecular formula is C39H40Cl3F4N3O4. The van der Waals surface area contributed by atoms with Gasteiger partial charge in [0.05, 0.1) is 18.7 Å². The second kappa shape index (κ2) is 16.1. The van der Waals surface area contributed by atoms with Gasteiger partial charge < -0.3 is 19.7 Å². The highest BCUT2D eigenvalue weighted by molar-refractivity contribution is 6.68. The van der Waals surface area contributed by atoms with Crippen LogP contribution in [-0.2, 0) is 22.4 Å². The first kappa shape index (κ1) is 39.2. The van der Waals surface area contributed by atoms with Gasteiger partial charge >= 0.3 is 6.09 Å². The molecular weight excluding hydrogens is 757 g/mol. The van der Waals surface area contributed by atoms with Gasteiger partial charge in [0.2, 0.25) is 9.61 Å². The molecule has 2 unspecified atom stereocenters. The number of aryl methyl sites for hydroxylation is 1. The predicted molar refractivity (Wildman–Crippen MR) is 196 cm³/mol. The second-order valence-electron chi connectivity index (χ2n) is 14.1. The first-order valence-electron chi connectivity index (χ1n) is 17.6. The Morgan fingerprint density at radius 2 is 1.53 bits per heavy atom. The molecule has 2 bridgehead atoms. The molecule has 284 valence electrons. The third kappa shape index (κ3) is 8.90. The molecule has 2 aliphatic heterocycles.